The number of hydrogen-bond acceptors (Lipinski definition) is 2. The molecule has 2 rings (SSSR count). The molecule has 1 atom stereocenters. The predicted octanol–water partition coefficient (Wildman–Crippen LogP) is 2.27. The van der Waals surface area contributed by atoms with Crippen molar-refractivity contribution in [3.05, 3.63) is 30.3 Å². The van der Waals surface area contributed by atoms with Crippen LogP contribution in [-0.4, -0.2) is 34.1 Å². The molecule has 0 spiro atoms. The molecule has 1 aliphatic rings. The molecular weight excluding hydrogens is 329 g/mol. The molecule has 0 saturated carbocycles. The molecule has 1 saturated heterocycles. The zero-order chi connectivity index (χ0) is 12.3. The van der Waals surface area contributed by atoms with Crippen LogP contribution in [0.4, 0.5) is 10.5 Å². The molecule has 1 aliphatic heterocycles. The van der Waals surface area contributed by atoms with E-state index in [2.05, 4.69) is 45.0 Å². The Morgan fingerprint density at radius 2 is 2.06 bits per heavy atom. The lowest BCUT2D eigenvalue weighted by atomic mass is 10.1. The van der Waals surface area contributed by atoms with Gasteiger partial charge in [0.1, 0.15) is 0 Å². The van der Waals surface area contributed by atoms with Crippen LogP contribution < -0.4 is 10.6 Å². The van der Waals surface area contributed by atoms with Crippen LogP contribution in [0.3, 0.4) is 0 Å². The van der Waals surface area contributed by atoms with Gasteiger partial charge in [0.2, 0.25) is 0 Å². The highest BCUT2D eigenvalue weighted by Crippen LogP contribution is 2.16. The summed E-state index contributed by atoms with van der Waals surface area (Å²) in [6.07, 6.45) is 0. The van der Waals surface area contributed by atoms with Crippen LogP contribution in [0.25, 0.3) is 0 Å². The maximum Gasteiger partial charge on any atom is 0.319 e. The molecule has 1 fully saturated rings. The van der Waals surface area contributed by atoms with Gasteiger partial charge in [-0.2, -0.15) is 0 Å². The molecule has 2 amide bonds. The van der Waals surface area contributed by atoms with E-state index in [1.165, 1.54) is 0 Å². The smallest absolute Gasteiger partial charge is 0.319 e. The van der Waals surface area contributed by atoms with Crippen LogP contribution in [0, 0.1) is 0 Å². The van der Waals surface area contributed by atoms with Gasteiger partial charge in [0.05, 0.1) is 10.1 Å². The maximum atomic E-state index is 11.6. The fourth-order valence-electron chi connectivity index (χ4n) is 1.77. The average molecular weight is 345 g/mol. The molecule has 0 radical (unpaired) electrons. The van der Waals surface area contributed by atoms with E-state index in [9.17, 15) is 4.79 Å². The summed E-state index contributed by atoms with van der Waals surface area (Å²) in [5, 5.41) is 5.77. The Kier molecular flexibility index (Phi) is 4.22. The lowest BCUT2D eigenvalue weighted by molar-refractivity contribution is 0.131. The van der Waals surface area contributed by atoms with Gasteiger partial charge >= 0.3 is 6.03 Å². The maximum absolute atomic E-state index is 11.6. The first kappa shape index (κ1) is 12.6. The molecule has 1 unspecified atom stereocenters. The Morgan fingerprint density at radius 1 is 1.41 bits per heavy atom. The number of rotatable bonds is 3. The van der Waals surface area contributed by atoms with Crippen molar-refractivity contribution < 1.29 is 4.79 Å². The first-order chi connectivity index (χ1) is 8.15. The molecule has 0 bridgehead atoms. The normalized spacial score (nSPS) is 18.2. The van der Waals surface area contributed by atoms with Crippen LogP contribution in [0.5, 0.6) is 0 Å². The molecular formula is C12H16IN3O. The number of nitrogens with zero attached hydrogens (tertiary/aromatic N) is 1. The topological polar surface area (TPSA) is 44.4 Å². The third-order valence-electron chi connectivity index (χ3n) is 2.78. The van der Waals surface area contributed by atoms with E-state index in [-0.39, 0.29) is 12.1 Å². The minimum atomic E-state index is -0.123. The minimum absolute atomic E-state index is 0.123. The summed E-state index contributed by atoms with van der Waals surface area (Å²) in [5.41, 5.74) is 0.823. The summed E-state index contributed by atoms with van der Waals surface area (Å²) < 4.78 is 0.530. The van der Waals surface area contributed by atoms with Crippen molar-refractivity contribution >= 4 is 34.3 Å². The fourth-order valence-corrected chi connectivity index (χ4v) is 2.22. The second-order valence-electron chi connectivity index (χ2n) is 4.19. The standard InChI is InChI=1S/C12H16IN3O/c1-9(13)16-7-11(8-16)15-12(17)14-10-5-3-2-4-6-10/h2-6,9,11H,7-8H2,1H3,(H2,14,15,17). The van der Waals surface area contributed by atoms with Crippen molar-refractivity contribution in [2.24, 2.45) is 0 Å². The highest BCUT2D eigenvalue weighted by Gasteiger charge is 2.30. The number of urea groups is 1. The van der Waals surface area contributed by atoms with Gasteiger partial charge in [0.25, 0.3) is 0 Å². The molecule has 4 nitrogen and oxygen atoms in total. The Labute approximate surface area is 115 Å². The zero-order valence-corrected chi connectivity index (χ0v) is 11.8. The highest BCUT2D eigenvalue weighted by atomic mass is 127. The number of nitrogens with one attached hydrogen (secondary N) is 2. The van der Waals surface area contributed by atoms with E-state index in [4.69, 9.17) is 0 Å². The largest absolute Gasteiger partial charge is 0.333 e. The van der Waals surface area contributed by atoms with E-state index in [0.717, 1.165) is 18.8 Å². The summed E-state index contributed by atoms with van der Waals surface area (Å²) in [6, 6.07) is 9.63. The van der Waals surface area contributed by atoms with E-state index < -0.39 is 0 Å². The second-order valence-corrected chi connectivity index (χ2v) is 5.99. The van der Waals surface area contributed by atoms with Gasteiger partial charge < -0.3 is 10.6 Å². The van der Waals surface area contributed by atoms with Gasteiger partial charge in [-0.1, -0.05) is 40.8 Å². The third-order valence-corrected chi connectivity index (χ3v) is 3.57. The zero-order valence-electron chi connectivity index (χ0n) is 9.69. The predicted molar refractivity (Wildman–Crippen MR) is 77.4 cm³/mol. The number of carbonyl (C=O) groups is 1. The molecule has 1 heterocycles. The molecule has 1 aromatic rings. The first-order valence-corrected chi connectivity index (χ1v) is 6.90. The van der Waals surface area contributed by atoms with E-state index in [0.29, 0.717) is 4.05 Å². The van der Waals surface area contributed by atoms with Crippen molar-refractivity contribution in [3.63, 3.8) is 0 Å². The Hall–Kier alpha value is -0.820. The fraction of sp³-hybridized carbons (Fsp3) is 0.417. The van der Waals surface area contributed by atoms with Crippen LogP contribution in [0.2, 0.25) is 0 Å². The van der Waals surface area contributed by atoms with Gasteiger partial charge in [0.15, 0.2) is 0 Å². The van der Waals surface area contributed by atoms with Crippen LogP contribution in [0.15, 0.2) is 30.3 Å². The number of hydrogen-bond donors (Lipinski definition) is 2. The van der Waals surface area contributed by atoms with Crippen molar-refractivity contribution in [2.75, 3.05) is 18.4 Å². The van der Waals surface area contributed by atoms with Crippen LogP contribution in [0.1, 0.15) is 6.92 Å². The highest BCUT2D eigenvalue weighted by molar-refractivity contribution is 14.1. The summed E-state index contributed by atoms with van der Waals surface area (Å²) >= 11 is 2.38. The Morgan fingerprint density at radius 3 is 2.65 bits per heavy atom. The van der Waals surface area contributed by atoms with Crippen molar-refractivity contribution in [1.82, 2.24) is 10.2 Å². The summed E-state index contributed by atoms with van der Waals surface area (Å²) in [4.78, 5) is 14.0. The molecule has 2 N–H and O–H groups in total. The van der Waals surface area contributed by atoms with E-state index in [1.54, 1.807) is 0 Å². The molecule has 0 aromatic heterocycles. The van der Waals surface area contributed by atoms with Gasteiger partial charge in [-0.05, 0) is 19.1 Å². The molecule has 0 aliphatic carbocycles. The SMILES string of the molecule is CC(I)N1CC(NC(=O)Nc2ccccc2)C1. The van der Waals surface area contributed by atoms with Crippen molar-refractivity contribution in [1.29, 1.82) is 0 Å². The van der Waals surface area contributed by atoms with Crippen molar-refractivity contribution in [2.45, 2.75) is 17.0 Å². The number of para-hydroxylation sites is 1. The number of alkyl halides is 1. The summed E-state index contributed by atoms with van der Waals surface area (Å²) in [6.45, 7) is 4.03. The summed E-state index contributed by atoms with van der Waals surface area (Å²) in [5.74, 6) is 0. The van der Waals surface area contributed by atoms with Gasteiger partial charge in [-0.25, -0.2) is 4.79 Å². The first-order valence-electron chi connectivity index (χ1n) is 5.66. The third kappa shape index (κ3) is 3.57. The number of benzene rings is 1. The quantitative estimate of drug-likeness (QED) is 0.502. The monoisotopic (exact) mass is 345 g/mol. The van der Waals surface area contributed by atoms with Gasteiger partial charge in [-0.3, -0.25) is 4.90 Å². The number of amides is 2. The Balaban J connectivity index is 1.73. The van der Waals surface area contributed by atoms with E-state index in [1.807, 2.05) is 30.3 Å². The van der Waals surface area contributed by atoms with Crippen LogP contribution >= 0.6 is 22.6 Å². The Bertz CT molecular complexity index is 377. The number of anilines is 1. The molecule has 1 aromatic carbocycles. The van der Waals surface area contributed by atoms with Crippen LogP contribution in [-0.2, 0) is 0 Å². The van der Waals surface area contributed by atoms with Gasteiger partial charge in [-0.15, -0.1) is 0 Å². The lowest BCUT2D eigenvalue weighted by Gasteiger charge is -2.41. The van der Waals surface area contributed by atoms with Crippen molar-refractivity contribution in [3.8, 4) is 0 Å². The average Bonchev–Trinajstić information content (AvgIpc) is 2.23. The van der Waals surface area contributed by atoms with E-state index >= 15 is 0 Å². The minimum Gasteiger partial charge on any atom is -0.333 e. The number of carbonyl (C=O) groups excluding carboxylic acids is 1. The second kappa shape index (κ2) is 5.68. The summed E-state index contributed by atoms with van der Waals surface area (Å²) in [7, 11) is 0. The molecule has 92 valence electrons. The number of halogens is 1. The number of likely N-dealkylation sites (tertiary alicyclic amines) is 1. The molecule has 17 heavy (non-hydrogen) atoms. The lowest BCUT2D eigenvalue weighted by Crippen LogP contribution is -2.61. The molecule has 5 heteroatoms. The van der Waals surface area contributed by atoms with Gasteiger partial charge in [0, 0.05) is 18.8 Å².